The van der Waals surface area contributed by atoms with Crippen LogP contribution >= 0.6 is 0 Å². The molecule has 2 aliphatic rings. The predicted octanol–water partition coefficient (Wildman–Crippen LogP) is 5.70. The molecule has 0 unspecified atom stereocenters. The van der Waals surface area contributed by atoms with E-state index in [1.54, 1.807) is 11.2 Å². The molecule has 3 aromatic rings. The Hall–Kier alpha value is -3.28. The number of carbonyl (C=O) groups is 2. The number of nitrogens with zero attached hydrogens (tertiary/aromatic N) is 2. The van der Waals surface area contributed by atoms with Crippen molar-refractivity contribution in [3.63, 3.8) is 0 Å². The first-order valence-electron chi connectivity index (χ1n) is 12.9. The fourth-order valence-corrected chi connectivity index (χ4v) is 5.59. The van der Waals surface area contributed by atoms with E-state index in [9.17, 15) is 9.59 Å². The minimum absolute atomic E-state index is 0.0752. The molecule has 0 spiro atoms. The molecule has 1 aliphatic heterocycles. The highest BCUT2D eigenvalue weighted by Gasteiger charge is 2.48. The Morgan fingerprint density at radius 1 is 1.03 bits per heavy atom. The molecule has 0 saturated heterocycles. The Morgan fingerprint density at radius 2 is 1.77 bits per heavy atom. The van der Waals surface area contributed by atoms with Gasteiger partial charge in [0.1, 0.15) is 17.0 Å². The standard InChI is InChI=1S/C29H35N3O3/c1-21-10-8-11-22(18-21)19-32-27(33)25-16-15-24(26-14-9-17-35-26)31(25)20-29(32,2)28(34)30-23-12-6-4-3-5-7-13-23/h8-11,14-18,23H,3-7,12-13,19-20H2,1-2H3,(H,30,34)/t29-/m0/s1. The lowest BCUT2D eigenvalue weighted by atomic mass is 9.91. The summed E-state index contributed by atoms with van der Waals surface area (Å²) in [5.41, 5.74) is 2.53. The van der Waals surface area contributed by atoms with Crippen molar-refractivity contribution < 1.29 is 14.0 Å². The number of benzene rings is 1. The van der Waals surface area contributed by atoms with Crippen molar-refractivity contribution in [2.75, 3.05) is 0 Å². The highest BCUT2D eigenvalue weighted by Crippen LogP contribution is 2.34. The highest BCUT2D eigenvalue weighted by molar-refractivity contribution is 6.00. The molecule has 3 heterocycles. The number of aromatic nitrogens is 1. The van der Waals surface area contributed by atoms with Crippen LogP contribution in [-0.2, 0) is 17.9 Å². The van der Waals surface area contributed by atoms with Gasteiger partial charge in [-0.25, -0.2) is 0 Å². The van der Waals surface area contributed by atoms with Gasteiger partial charge in [-0.2, -0.15) is 0 Å². The minimum atomic E-state index is -1.03. The van der Waals surface area contributed by atoms with Crippen molar-refractivity contribution in [2.24, 2.45) is 0 Å². The van der Waals surface area contributed by atoms with Crippen LogP contribution in [0.2, 0.25) is 0 Å². The van der Waals surface area contributed by atoms with Gasteiger partial charge < -0.3 is 19.2 Å². The summed E-state index contributed by atoms with van der Waals surface area (Å²) in [7, 11) is 0. The number of fused-ring (bicyclic) bond motifs is 1. The van der Waals surface area contributed by atoms with Gasteiger partial charge in [0, 0.05) is 12.6 Å². The van der Waals surface area contributed by atoms with Crippen molar-refractivity contribution in [3.8, 4) is 11.5 Å². The van der Waals surface area contributed by atoms with E-state index < -0.39 is 5.54 Å². The van der Waals surface area contributed by atoms with Gasteiger partial charge in [0.25, 0.3) is 5.91 Å². The molecule has 6 heteroatoms. The molecule has 1 atom stereocenters. The highest BCUT2D eigenvalue weighted by atomic mass is 16.3. The van der Waals surface area contributed by atoms with E-state index >= 15 is 0 Å². The van der Waals surface area contributed by atoms with Crippen LogP contribution in [0.5, 0.6) is 0 Å². The number of hydrogen-bond acceptors (Lipinski definition) is 3. The fourth-order valence-electron chi connectivity index (χ4n) is 5.59. The zero-order chi connectivity index (χ0) is 24.4. The SMILES string of the molecule is Cc1cccc(CN2C(=O)c3ccc(-c4ccco4)n3C[C@@]2(C)C(=O)NC2CCCCCCC2)c1. The molecule has 2 amide bonds. The topological polar surface area (TPSA) is 67.5 Å². The summed E-state index contributed by atoms with van der Waals surface area (Å²) in [5.74, 6) is 0.485. The molecule has 1 saturated carbocycles. The van der Waals surface area contributed by atoms with Crippen molar-refractivity contribution in [2.45, 2.75) is 83.5 Å². The van der Waals surface area contributed by atoms with Crippen LogP contribution in [0.4, 0.5) is 0 Å². The van der Waals surface area contributed by atoms with Crippen molar-refractivity contribution in [3.05, 3.63) is 71.6 Å². The number of aryl methyl sites for hydroxylation is 1. The van der Waals surface area contributed by atoms with Gasteiger partial charge in [0.05, 0.1) is 18.5 Å². The van der Waals surface area contributed by atoms with Crippen LogP contribution < -0.4 is 5.32 Å². The van der Waals surface area contributed by atoms with E-state index in [2.05, 4.69) is 11.4 Å². The van der Waals surface area contributed by atoms with E-state index in [1.165, 1.54) is 19.3 Å². The van der Waals surface area contributed by atoms with Gasteiger partial charge in [-0.1, -0.05) is 61.9 Å². The molecule has 1 N–H and O–H groups in total. The largest absolute Gasteiger partial charge is 0.463 e. The molecule has 5 rings (SSSR count). The van der Waals surface area contributed by atoms with Crippen LogP contribution in [0, 0.1) is 6.92 Å². The van der Waals surface area contributed by atoms with Gasteiger partial charge in [0.2, 0.25) is 5.91 Å². The van der Waals surface area contributed by atoms with Crippen LogP contribution in [0.3, 0.4) is 0 Å². The molecule has 2 aromatic heterocycles. The number of nitrogens with one attached hydrogen (secondary N) is 1. The van der Waals surface area contributed by atoms with E-state index in [4.69, 9.17) is 4.42 Å². The molecule has 184 valence electrons. The molecule has 1 fully saturated rings. The third-order valence-corrected chi connectivity index (χ3v) is 7.63. The Bertz CT molecular complexity index is 1190. The number of furan rings is 1. The lowest BCUT2D eigenvalue weighted by molar-refractivity contribution is -0.134. The molecule has 35 heavy (non-hydrogen) atoms. The van der Waals surface area contributed by atoms with Gasteiger partial charge in [-0.05, 0) is 56.5 Å². The van der Waals surface area contributed by atoms with E-state index in [-0.39, 0.29) is 17.9 Å². The van der Waals surface area contributed by atoms with Gasteiger partial charge >= 0.3 is 0 Å². The fraction of sp³-hybridized carbons (Fsp3) is 0.448. The minimum Gasteiger partial charge on any atom is -0.463 e. The van der Waals surface area contributed by atoms with E-state index in [0.717, 1.165) is 42.5 Å². The van der Waals surface area contributed by atoms with Crippen LogP contribution in [0.1, 0.15) is 73.5 Å². The Labute approximate surface area is 207 Å². The van der Waals surface area contributed by atoms with Gasteiger partial charge in [0.15, 0.2) is 0 Å². The molecular weight excluding hydrogens is 438 g/mol. The maximum atomic E-state index is 14.0. The summed E-state index contributed by atoms with van der Waals surface area (Å²) in [6, 6.07) is 15.8. The summed E-state index contributed by atoms with van der Waals surface area (Å²) in [5, 5.41) is 3.35. The van der Waals surface area contributed by atoms with Crippen LogP contribution in [-0.4, -0.2) is 32.9 Å². The predicted molar refractivity (Wildman–Crippen MR) is 136 cm³/mol. The molecular formula is C29H35N3O3. The second kappa shape index (κ2) is 9.76. The second-order valence-electron chi connectivity index (χ2n) is 10.3. The van der Waals surface area contributed by atoms with Crippen molar-refractivity contribution in [1.29, 1.82) is 0 Å². The summed E-state index contributed by atoms with van der Waals surface area (Å²) in [6.07, 6.45) is 9.63. The lowest BCUT2D eigenvalue weighted by Gasteiger charge is -2.45. The van der Waals surface area contributed by atoms with Gasteiger partial charge in [-0.3, -0.25) is 9.59 Å². The number of amides is 2. The quantitative estimate of drug-likeness (QED) is 0.517. The number of rotatable bonds is 5. The van der Waals surface area contributed by atoms with E-state index in [0.29, 0.717) is 24.5 Å². The first-order chi connectivity index (χ1) is 17.0. The van der Waals surface area contributed by atoms with Crippen LogP contribution in [0.15, 0.2) is 59.2 Å². The smallest absolute Gasteiger partial charge is 0.271 e. The summed E-state index contributed by atoms with van der Waals surface area (Å²) in [4.78, 5) is 29.6. The number of hydrogen-bond donors (Lipinski definition) is 1. The van der Waals surface area contributed by atoms with Crippen LogP contribution in [0.25, 0.3) is 11.5 Å². The zero-order valence-electron chi connectivity index (χ0n) is 20.8. The van der Waals surface area contributed by atoms with Crippen molar-refractivity contribution in [1.82, 2.24) is 14.8 Å². The molecule has 1 aromatic carbocycles. The summed E-state index contributed by atoms with van der Waals surface area (Å²) >= 11 is 0. The average molecular weight is 474 g/mol. The zero-order valence-corrected chi connectivity index (χ0v) is 20.8. The second-order valence-corrected chi connectivity index (χ2v) is 10.3. The monoisotopic (exact) mass is 473 g/mol. The Morgan fingerprint density at radius 3 is 2.49 bits per heavy atom. The Kier molecular flexibility index (Phi) is 6.54. The maximum absolute atomic E-state index is 14.0. The summed E-state index contributed by atoms with van der Waals surface area (Å²) in [6.45, 7) is 4.72. The first kappa shape index (κ1) is 23.5. The van der Waals surface area contributed by atoms with Crippen molar-refractivity contribution >= 4 is 11.8 Å². The Balaban J connectivity index is 1.50. The molecule has 6 nitrogen and oxygen atoms in total. The molecule has 0 radical (unpaired) electrons. The maximum Gasteiger partial charge on any atom is 0.271 e. The van der Waals surface area contributed by atoms with Gasteiger partial charge in [-0.15, -0.1) is 0 Å². The lowest BCUT2D eigenvalue weighted by Crippen LogP contribution is -2.64. The molecule has 0 bridgehead atoms. The van der Waals surface area contributed by atoms with E-state index in [1.807, 2.05) is 60.9 Å². The molecule has 1 aliphatic carbocycles. The first-order valence-corrected chi connectivity index (χ1v) is 12.9. The normalized spacial score (nSPS) is 21.3. The average Bonchev–Trinajstić information content (AvgIpc) is 3.48. The number of carbonyl (C=O) groups excluding carboxylic acids is 2. The third kappa shape index (κ3) is 4.66. The summed E-state index contributed by atoms with van der Waals surface area (Å²) < 4.78 is 7.59. The third-order valence-electron chi connectivity index (χ3n) is 7.63.